The van der Waals surface area contributed by atoms with Crippen LogP contribution in [-0.4, -0.2) is 18.2 Å². The second-order valence-electron chi connectivity index (χ2n) is 8.75. The van der Waals surface area contributed by atoms with E-state index in [4.69, 9.17) is 5.10 Å². The van der Waals surface area contributed by atoms with Crippen LogP contribution in [0.15, 0.2) is 96.0 Å². The van der Waals surface area contributed by atoms with Gasteiger partial charge in [-0.3, -0.25) is 0 Å². The van der Waals surface area contributed by atoms with Crippen molar-refractivity contribution in [2.75, 3.05) is 0 Å². The van der Waals surface area contributed by atoms with E-state index in [1.807, 2.05) is 79.0 Å². The molecule has 4 rings (SSSR count). The summed E-state index contributed by atoms with van der Waals surface area (Å²) >= 11 is 0. The van der Waals surface area contributed by atoms with Gasteiger partial charge in [0.15, 0.2) is 0 Å². The number of nitrogens with one attached hydrogen (secondary N) is 1. The number of hydrogen-bond donors (Lipinski definition) is 1. The normalized spacial score (nSPS) is 12.1. The maximum absolute atomic E-state index is 13.0. The van der Waals surface area contributed by atoms with Crippen LogP contribution < -0.4 is 4.72 Å². The van der Waals surface area contributed by atoms with Gasteiger partial charge in [0, 0.05) is 23.9 Å². The molecule has 0 bridgehead atoms. The smallest absolute Gasteiger partial charge is 0.240 e. The highest BCUT2D eigenvalue weighted by atomic mass is 32.2. The van der Waals surface area contributed by atoms with E-state index in [1.165, 1.54) is 0 Å². The fraction of sp³-hybridized carbons (Fsp3) is 0.192. The molecule has 1 N–H and O–H groups in total. The van der Waals surface area contributed by atoms with Crippen molar-refractivity contribution in [3.8, 4) is 16.9 Å². The lowest BCUT2D eigenvalue weighted by Gasteiger charge is -2.19. The Balaban J connectivity index is 1.63. The van der Waals surface area contributed by atoms with Gasteiger partial charge in [-0.25, -0.2) is 17.8 Å². The van der Waals surface area contributed by atoms with Crippen LogP contribution >= 0.6 is 0 Å². The highest BCUT2D eigenvalue weighted by Crippen LogP contribution is 2.25. The van der Waals surface area contributed by atoms with Crippen molar-refractivity contribution < 1.29 is 8.42 Å². The van der Waals surface area contributed by atoms with Crippen molar-refractivity contribution >= 4 is 10.0 Å². The second-order valence-corrected chi connectivity index (χ2v) is 10.5. The Labute approximate surface area is 189 Å². The molecule has 6 heteroatoms. The Morgan fingerprint density at radius 2 is 1.44 bits per heavy atom. The van der Waals surface area contributed by atoms with Crippen molar-refractivity contribution in [3.63, 3.8) is 0 Å². The van der Waals surface area contributed by atoms with Crippen LogP contribution in [-0.2, 0) is 22.0 Å². The van der Waals surface area contributed by atoms with Gasteiger partial charge in [-0.15, -0.1) is 0 Å². The van der Waals surface area contributed by atoms with Gasteiger partial charge in [0.2, 0.25) is 10.0 Å². The number of aromatic nitrogens is 2. The third-order valence-electron chi connectivity index (χ3n) is 5.34. The van der Waals surface area contributed by atoms with Gasteiger partial charge in [-0.05, 0) is 35.2 Å². The summed E-state index contributed by atoms with van der Waals surface area (Å²) in [5, 5.41) is 4.74. The molecule has 0 atom stereocenters. The average Bonchev–Trinajstić information content (AvgIpc) is 3.23. The molecule has 0 unspecified atom stereocenters. The zero-order chi connectivity index (χ0) is 22.8. The second kappa shape index (κ2) is 8.73. The van der Waals surface area contributed by atoms with Crippen LogP contribution in [0.3, 0.4) is 0 Å². The summed E-state index contributed by atoms with van der Waals surface area (Å²) in [5.41, 5.74) is 4.45. The molecule has 0 amide bonds. The van der Waals surface area contributed by atoms with Crippen molar-refractivity contribution in [1.29, 1.82) is 0 Å². The van der Waals surface area contributed by atoms with Crippen molar-refractivity contribution in [2.24, 2.45) is 0 Å². The van der Waals surface area contributed by atoms with Crippen LogP contribution in [0.5, 0.6) is 0 Å². The lowest BCUT2D eigenvalue weighted by Crippen LogP contribution is -2.23. The van der Waals surface area contributed by atoms with Crippen LogP contribution in [0.4, 0.5) is 0 Å². The van der Waals surface area contributed by atoms with Crippen molar-refractivity contribution in [2.45, 2.75) is 37.6 Å². The highest BCUT2D eigenvalue weighted by Gasteiger charge is 2.19. The summed E-state index contributed by atoms with van der Waals surface area (Å²) in [7, 11) is -3.66. The summed E-state index contributed by atoms with van der Waals surface area (Å²) in [6.07, 6.45) is 1.88. The minimum absolute atomic E-state index is 0.0354. The quantitative estimate of drug-likeness (QED) is 0.437. The largest absolute Gasteiger partial charge is 0.240 e. The molecule has 32 heavy (non-hydrogen) atoms. The third-order valence-corrected chi connectivity index (χ3v) is 6.76. The minimum Gasteiger partial charge on any atom is -0.240 e. The van der Waals surface area contributed by atoms with E-state index in [0.717, 1.165) is 28.1 Å². The molecule has 0 aliphatic heterocycles. The molecule has 164 valence electrons. The maximum Gasteiger partial charge on any atom is 0.240 e. The summed E-state index contributed by atoms with van der Waals surface area (Å²) in [6, 6.07) is 26.6. The highest BCUT2D eigenvalue weighted by molar-refractivity contribution is 7.89. The van der Waals surface area contributed by atoms with Gasteiger partial charge in [-0.1, -0.05) is 81.4 Å². The fourth-order valence-corrected chi connectivity index (χ4v) is 4.49. The SMILES string of the molecule is CC(C)(C)c1ccc(S(=O)(=O)NCc2cn(-c3ccccc3)nc2-c2ccccc2)cc1. The molecule has 0 saturated heterocycles. The predicted octanol–water partition coefficient (Wildman–Crippen LogP) is 5.32. The van der Waals surface area contributed by atoms with Crippen LogP contribution in [0.1, 0.15) is 31.9 Å². The molecular weight excluding hydrogens is 418 g/mol. The van der Waals surface area contributed by atoms with Crippen LogP contribution in [0.2, 0.25) is 0 Å². The number of sulfonamides is 1. The molecule has 4 aromatic rings. The molecule has 0 saturated carbocycles. The summed E-state index contributed by atoms with van der Waals surface area (Å²) in [5.74, 6) is 0. The van der Waals surface area contributed by atoms with E-state index < -0.39 is 10.0 Å². The molecule has 5 nitrogen and oxygen atoms in total. The number of hydrogen-bond acceptors (Lipinski definition) is 3. The zero-order valence-electron chi connectivity index (χ0n) is 18.5. The standard InChI is InChI=1S/C26H27N3O2S/c1-26(2,3)22-14-16-24(17-15-22)32(30,31)27-18-21-19-29(23-12-8-5-9-13-23)28-25(21)20-10-6-4-7-11-20/h4-17,19,27H,18H2,1-3H3. The lowest BCUT2D eigenvalue weighted by molar-refractivity contribution is 0.578. The van der Waals surface area contributed by atoms with Gasteiger partial charge in [-0.2, -0.15) is 5.10 Å². The van der Waals surface area contributed by atoms with Gasteiger partial charge >= 0.3 is 0 Å². The lowest BCUT2D eigenvalue weighted by atomic mass is 9.87. The van der Waals surface area contributed by atoms with Crippen molar-refractivity contribution in [3.05, 3.63) is 102 Å². The first-order chi connectivity index (χ1) is 15.2. The summed E-state index contributed by atoms with van der Waals surface area (Å²) < 4.78 is 30.4. The Hall–Kier alpha value is -3.22. The number of rotatable bonds is 6. The first kappa shape index (κ1) is 22.0. The first-order valence-electron chi connectivity index (χ1n) is 10.5. The van der Waals surface area contributed by atoms with E-state index in [0.29, 0.717) is 0 Å². The fourth-order valence-electron chi connectivity index (χ4n) is 3.48. The molecule has 0 aliphatic carbocycles. The number of para-hydroxylation sites is 1. The molecule has 0 aliphatic rings. The molecular formula is C26H27N3O2S. The Bertz CT molecular complexity index is 1290. The molecule has 1 aromatic heterocycles. The Morgan fingerprint density at radius 3 is 2.03 bits per heavy atom. The van der Waals surface area contributed by atoms with Crippen LogP contribution in [0.25, 0.3) is 16.9 Å². The minimum atomic E-state index is -3.66. The monoisotopic (exact) mass is 445 g/mol. The van der Waals surface area contributed by atoms with Gasteiger partial charge in [0.1, 0.15) is 0 Å². The number of benzene rings is 3. The van der Waals surface area contributed by atoms with Crippen molar-refractivity contribution in [1.82, 2.24) is 14.5 Å². The van der Waals surface area contributed by atoms with E-state index in [2.05, 4.69) is 25.5 Å². The summed E-state index contributed by atoms with van der Waals surface area (Å²) in [4.78, 5) is 0.252. The average molecular weight is 446 g/mol. The van der Waals surface area contributed by atoms with E-state index in [1.54, 1.807) is 16.8 Å². The Kier molecular flexibility index (Phi) is 6.00. The number of nitrogens with zero attached hydrogens (tertiary/aromatic N) is 2. The van der Waals surface area contributed by atoms with E-state index >= 15 is 0 Å². The first-order valence-corrected chi connectivity index (χ1v) is 12.0. The molecule has 3 aromatic carbocycles. The topological polar surface area (TPSA) is 64.0 Å². The van der Waals surface area contributed by atoms with E-state index in [9.17, 15) is 8.42 Å². The third kappa shape index (κ3) is 4.82. The molecule has 0 fully saturated rings. The molecule has 1 heterocycles. The Morgan fingerprint density at radius 1 is 0.844 bits per heavy atom. The van der Waals surface area contributed by atoms with Gasteiger partial charge in [0.25, 0.3) is 0 Å². The van der Waals surface area contributed by atoms with Crippen LogP contribution in [0, 0.1) is 0 Å². The zero-order valence-corrected chi connectivity index (χ0v) is 19.3. The maximum atomic E-state index is 13.0. The predicted molar refractivity (Wildman–Crippen MR) is 128 cm³/mol. The van der Waals surface area contributed by atoms with Gasteiger partial charge in [0.05, 0.1) is 16.3 Å². The molecule has 0 spiro atoms. The van der Waals surface area contributed by atoms with E-state index in [-0.39, 0.29) is 16.9 Å². The molecule has 0 radical (unpaired) electrons. The summed E-state index contributed by atoms with van der Waals surface area (Å²) in [6.45, 7) is 6.44. The van der Waals surface area contributed by atoms with Gasteiger partial charge < -0.3 is 0 Å².